The number of hydrogen-bond donors (Lipinski definition) is 2. The third-order valence-corrected chi connectivity index (χ3v) is 4.05. The first kappa shape index (κ1) is 17.6. The van der Waals surface area contributed by atoms with Crippen molar-refractivity contribution >= 4 is 11.7 Å². The molecule has 0 aliphatic heterocycles. The molecule has 1 fully saturated rings. The minimum Gasteiger partial charge on any atom is -0.367 e. The van der Waals surface area contributed by atoms with Gasteiger partial charge in [0.1, 0.15) is 5.82 Å². The van der Waals surface area contributed by atoms with Crippen LogP contribution < -0.4 is 10.6 Å². The fraction of sp³-hybridized carbons (Fsp3) is 0.625. The highest BCUT2D eigenvalue weighted by Gasteiger charge is 2.42. The molecule has 23 heavy (non-hydrogen) atoms. The lowest BCUT2D eigenvalue weighted by Crippen LogP contribution is -2.34. The fourth-order valence-corrected chi connectivity index (χ4v) is 2.78. The Morgan fingerprint density at radius 1 is 1.35 bits per heavy atom. The van der Waals surface area contributed by atoms with E-state index in [1.807, 2.05) is 6.92 Å². The van der Waals surface area contributed by atoms with Crippen LogP contribution in [0.15, 0.2) is 18.3 Å². The number of anilines is 1. The Morgan fingerprint density at radius 2 is 2.13 bits per heavy atom. The molecule has 1 aliphatic rings. The zero-order valence-electron chi connectivity index (χ0n) is 13.1. The average molecular weight is 329 g/mol. The van der Waals surface area contributed by atoms with Gasteiger partial charge in [-0.3, -0.25) is 4.79 Å². The van der Waals surface area contributed by atoms with Gasteiger partial charge in [-0.05, 0) is 37.8 Å². The molecule has 1 amide bonds. The van der Waals surface area contributed by atoms with Crippen molar-refractivity contribution in [2.24, 2.45) is 5.92 Å². The first-order chi connectivity index (χ1) is 10.9. The van der Waals surface area contributed by atoms with Gasteiger partial charge >= 0.3 is 6.18 Å². The van der Waals surface area contributed by atoms with E-state index in [1.54, 1.807) is 12.1 Å². The molecular weight excluding hydrogens is 307 g/mol. The molecule has 7 heteroatoms. The van der Waals surface area contributed by atoms with Gasteiger partial charge in [-0.2, -0.15) is 13.2 Å². The zero-order chi connectivity index (χ0) is 16.9. The van der Waals surface area contributed by atoms with Crippen LogP contribution in [-0.4, -0.2) is 29.7 Å². The van der Waals surface area contributed by atoms with Gasteiger partial charge in [0.05, 0.1) is 11.5 Å². The van der Waals surface area contributed by atoms with E-state index in [-0.39, 0.29) is 24.8 Å². The molecule has 0 spiro atoms. The number of carbonyl (C=O) groups excluding carboxylic acids is 1. The molecule has 1 saturated carbocycles. The van der Waals surface area contributed by atoms with Crippen molar-refractivity contribution in [2.75, 3.05) is 11.9 Å². The van der Waals surface area contributed by atoms with Crippen molar-refractivity contribution in [3.8, 4) is 0 Å². The Morgan fingerprint density at radius 3 is 2.74 bits per heavy atom. The van der Waals surface area contributed by atoms with Crippen LogP contribution in [-0.2, 0) is 0 Å². The van der Waals surface area contributed by atoms with Crippen molar-refractivity contribution in [3.63, 3.8) is 0 Å². The maximum absolute atomic E-state index is 12.8. The van der Waals surface area contributed by atoms with E-state index in [0.29, 0.717) is 30.8 Å². The first-order valence-electron chi connectivity index (χ1n) is 7.97. The second-order valence-corrected chi connectivity index (χ2v) is 5.93. The molecule has 2 unspecified atom stereocenters. The molecule has 0 saturated heterocycles. The first-order valence-corrected chi connectivity index (χ1v) is 7.97. The third kappa shape index (κ3) is 5.11. The summed E-state index contributed by atoms with van der Waals surface area (Å²) in [6, 6.07) is 3.03. The summed E-state index contributed by atoms with van der Waals surface area (Å²) in [5.74, 6) is -0.932. The molecule has 1 aliphatic carbocycles. The topological polar surface area (TPSA) is 54.0 Å². The van der Waals surface area contributed by atoms with Gasteiger partial charge < -0.3 is 10.6 Å². The van der Waals surface area contributed by atoms with E-state index in [9.17, 15) is 18.0 Å². The average Bonchev–Trinajstić information content (AvgIpc) is 2.53. The minimum absolute atomic E-state index is 0.0733. The Bertz CT molecular complexity index is 516. The highest BCUT2D eigenvalue weighted by atomic mass is 19.4. The van der Waals surface area contributed by atoms with E-state index in [2.05, 4.69) is 15.6 Å². The number of pyridine rings is 1. The van der Waals surface area contributed by atoms with Crippen LogP contribution in [0.3, 0.4) is 0 Å². The number of amides is 1. The SMILES string of the molecule is CCCNC(=O)c1ccc(NC2CCCC(C(F)(F)F)C2)nc1. The van der Waals surface area contributed by atoms with Crippen LogP contribution >= 0.6 is 0 Å². The van der Waals surface area contributed by atoms with Gasteiger partial charge in [0.2, 0.25) is 0 Å². The van der Waals surface area contributed by atoms with Crippen molar-refractivity contribution < 1.29 is 18.0 Å². The summed E-state index contributed by atoms with van der Waals surface area (Å²) in [6.45, 7) is 2.56. The molecule has 2 atom stereocenters. The summed E-state index contributed by atoms with van der Waals surface area (Å²) in [7, 11) is 0. The summed E-state index contributed by atoms with van der Waals surface area (Å²) in [5.41, 5.74) is 0.445. The molecule has 1 aromatic rings. The smallest absolute Gasteiger partial charge is 0.367 e. The van der Waals surface area contributed by atoms with E-state index in [1.165, 1.54) is 6.20 Å². The number of carbonyl (C=O) groups is 1. The van der Waals surface area contributed by atoms with E-state index in [4.69, 9.17) is 0 Å². The predicted molar refractivity (Wildman–Crippen MR) is 82.3 cm³/mol. The fourth-order valence-electron chi connectivity index (χ4n) is 2.78. The highest BCUT2D eigenvalue weighted by molar-refractivity contribution is 5.94. The van der Waals surface area contributed by atoms with Gasteiger partial charge in [0.15, 0.2) is 0 Å². The van der Waals surface area contributed by atoms with Gasteiger partial charge in [-0.1, -0.05) is 13.3 Å². The maximum Gasteiger partial charge on any atom is 0.391 e. The summed E-state index contributed by atoms with van der Waals surface area (Å²) in [4.78, 5) is 15.9. The largest absolute Gasteiger partial charge is 0.391 e. The minimum atomic E-state index is -4.13. The summed E-state index contributed by atoms with van der Waals surface area (Å²) in [5, 5.41) is 5.80. The lowest BCUT2D eigenvalue weighted by atomic mass is 9.85. The quantitative estimate of drug-likeness (QED) is 0.865. The number of hydrogen-bond acceptors (Lipinski definition) is 3. The Balaban J connectivity index is 1.91. The second-order valence-electron chi connectivity index (χ2n) is 5.93. The number of aromatic nitrogens is 1. The van der Waals surface area contributed by atoms with Gasteiger partial charge in [0, 0.05) is 18.8 Å². The number of halogens is 3. The van der Waals surface area contributed by atoms with E-state index in [0.717, 1.165) is 6.42 Å². The molecule has 4 nitrogen and oxygen atoms in total. The molecule has 2 N–H and O–H groups in total. The van der Waals surface area contributed by atoms with Crippen LogP contribution in [0.4, 0.5) is 19.0 Å². The molecule has 2 rings (SSSR count). The van der Waals surface area contributed by atoms with Crippen LogP contribution in [0.5, 0.6) is 0 Å². The van der Waals surface area contributed by atoms with Gasteiger partial charge in [0.25, 0.3) is 5.91 Å². The van der Waals surface area contributed by atoms with Crippen molar-refractivity contribution in [3.05, 3.63) is 23.9 Å². The molecule has 0 aromatic carbocycles. The standard InChI is InChI=1S/C16H22F3N3O/c1-2-8-20-15(23)11-6-7-14(21-10-11)22-13-5-3-4-12(9-13)16(17,18)19/h6-7,10,12-13H,2-5,8-9H2,1H3,(H,20,23)(H,21,22). The molecule has 1 heterocycles. The van der Waals surface area contributed by atoms with Crippen molar-refractivity contribution in [1.29, 1.82) is 0 Å². The van der Waals surface area contributed by atoms with Crippen LogP contribution in [0.2, 0.25) is 0 Å². The van der Waals surface area contributed by atoms with Crippen LogP contribution in [0.1, 0.15) is 49.4 Å². The summed E-state index contributed by atoms with van der Waals surface area (Å²) < 4.78 is 38.4. The molecule has 0 bridgehead atoms. The predicted octanol–water partition coefficient (Wildman–Crippen LogP) is 3.75. The van der Waals surface area contributed by atoms with Crippen molar-refractivity contribution in [2.45, 2.75) is 51.2 Å². The Kier molecular flexibility index (Phi) is 5.85. The molecule has 128 valence electrons. The van der Waals surface area contributed by atoms with E-state index >= 15 is 0 Å². The number of rotatable bonds is 5. The number of alkyl halides is 3. The van der Waals surface area contributed by atoms with Gasteiger partial charge in [-0.25, -0.2) is 4.98 Å². The Hall–Kier alpha value is -1.79. The molecule has 0 radical (unpaired) electrons. The van der Waals surface area contributed by atoms with Gasteiger partial charge in [-0.15, -0.1) is 0 Å². The van der Waals surface area contributed by atoms with Crippen LogP contribution in [0.25, 0.3) is 0 Å². The zero-order valence-corrected chi connectivity index (χ0v) is 13.1. The monoisotopic (exact) mass is 329 g/mol. The molecular formula is C16H22F3N3O. The summed E-state index contributed by atoms with van der Waals surface area (Å²) in [6.07, 6.45) is -0.310. The normalized spacial score (nSPS) is 21.7. The lowest BCUT2D eigenvalue weighted by Gasteiger charge is -2.31. The summed E-state index contributed by atoms with van der Waals surface area (Å²) >= 11 is 0. The third-order valence-electron chi connectivity index (χ3n) is 4.05. The Labute approximate surface area is 133 Å². The highest BCUT2D eigenvalue weighted by Crippen LogP contribution is 2.38. The number of nitrogens with zero attached hydrogens (tertiary/aromatic N) is 1. The maximum atomic E-state index is 12.8. The van der Waals surface area contributed by atoms with Crippen molar-refractivity contribution in [1.82, 2.24) is 10.3 Å². The van der Waals surface area contributed by atoms with E-state index < -0.39 is 12.1 Å². The number of nitrogens with one attached hydrogen (secondary N) is 2. The second kappa shape index (κ2) is 7.66. The van der Waals surface area contributed by atoms with Crippen LogP contribution in [0, 0.1) is 5.92 Å². The molecule has 1 aromatic heterocycles. The lowest BCUT2D eigenvalue weighted by molar-refractivity contribution is -0.182.